The van der Waals surface area contributed by atoms with Crippen LogP contribution in [0.4, 0.5) is 0 Å². The molecule has 1 atom stereocenters. The molecule has 0 saturated carbocycles. The summed E-state index contributed by atoms with van der Waals surface area (Å²) in [6, 6.07) is 0. The third-order valence-corrected chi connectivity index (χ3v) is 1.89. The summed E-state index contributed by atoms with van der Waals surface area (Å²) in [5, 5.41) is 0. The van der Waals surface area contributed by atoms with E-state index in [2.05, 4.69) is 0 Å². The summed E-state index contributed by atoms with van der Waals surface area (Å²) < 4.78 is 21.3. The Bertz CT molecular complexity index is 122. The smallest absolute Gasteiger partial charge is 0.0931 e. The molecule has 0 aromatic rings. The fourth-order valence-corrected chi connectivity index (χ4v) is 1.11. The first-order chi connectivity index (χ1) is 6.93. The van der Waals surface area contributed by atoms with Crippen LogP contribution < -0.4 is 5.73 Å². The maximum absolute atomic E-state index is 5.51. The molecule has 5 heteroatoms. The van der Waals surface area contributed by atoms with Gasteiger partial charge < -0.3 is 24.7 Å². The van der Waals surface area contributed by atoms with Crippen molar-refractivity contribution in [1.82, 2.24) is 0 Å². The predicted molar refractivity (Wildman–Crippen MR) is 51.3 cm³/mol. The maximum Gasteiger partial charge on any atom is 0.0931 e. The molecule has 0 aromatic carbocycles. The maximum atomic E-state index is 5.51. The average Bonchev–Trinajstić information content (AvgIpc) is 2.19. The van der Waals surface area contributed by atoms with E-state index in [1.54, 1.807) is 0 Å². The molecule has 1 aliphatic heterocycles. The van der Waals surface area contributed by atoms with Crippen molar-refractivity contribution in [2.45, 2.75) is 6.10 Å². The van der Waals surface area contributed by atoms with Gasteiger partial charge in [0.05, 0.1) is 52.4 Å². The first-order valence-corrected chi connectivity index (χ1v) is 4.98. The molecular weight excluding hydrogens is 186 g/mol. The fraction of sp³-hybridized carbons (Fsp3) is 1.00. The minimum Gasteiger partial charge on any atom is -0.377 e. The second-order valence-corrected chi connectivity index (χ2v) is 3.03. The highest BCUT2D eigenvalue weighted by atomic mass is 16.6. The van der Waals surface area contributed by atoms with Gasteiger partial charge in [0, 0.05) is 6.54 Å². The zero-order chi connectivity index (χ0) is 10.1. The standard InChI is InChI=1S/C9H19NO4/c10-7-9-8-13-4-3-11-1-2-12-5-6-14-9/h9H,1-8,10H2. The third kappa shape index (κ3) is 5.51. The van der Waals surface area contributed by atoms with Gasteiger partial charge in [-0.2, -0.15) is 0 Å². The Labute approximate surface area is 84.4 Å². The van der Waals surface area contributed by atoms with Crippen LogP contribution >= 0.6 is 0 Å². The van der Waals surface area contributed by atoms with Crippen LogP contribution in [0.25, 0.3) is 0 Å². The molecule has 1 heterocycles. The van der Waals surface area contributed by atoms with Gasteiger partial charge in [-0.1, -0.05) is 0 Å². The molecule has 84 valence electrons. The molecule has 1 saturated heterocycles. The Kier molecular flexibility index (Phi) is 6.90. The van der Waals surface area contributed by atoms with Gasteiger partial charge >= 0.3 is 0 Å². The van der Waals surface area contributed by atoms with Crippen LogP contribution in [0, 0.1) is 0 Å². The molecule has 0 spiro atoms. The minimum atomic E-state index is -0.0296. The van der Waals surface area contributed by atoms with Crippen LogP contribution in [0.15, 0.2) is 0 Å². The van der Waals surface area contributed by atoms with E-state index in [1.165, 1.54) is 0 Å². The molecule has 1 rings (SSSR count). The molecule has 0 amide bonds. The first kappa shape index (κ1) is 11.9. The monoisotopic (exact) mass is 205 g/mol. The molecule has 0 aliphatic carbocycles. The van der Waals surface area contributed by atoms with Crippen LogP contribution in [0.3, 0.4) is 0 Å². The van der Waals surface area contributed by atoms with Gasteiger partial charge in [0.2, 0.25) is 0 Å². The second-order valence-electron chi connectivity index (χ2n) is 3.03. The molecular formula is C9H19NO4. The Morgan fingerprint density at radius 1 is 0.857 bits per heavy atom. The van der Waals surface area contributed by atoms with Crippen molar-refractivity contribution >= 4 is 0 Å². The van der Waals surface area contributed by atoms with E-state index in [4.69, 9.17) is 24.7 Å². The highest BCUT2D eigenvalue weighted by molar-refractivity contribution is 4.57. The molecule has 1 fully saturated rings. The zero-order valence-corrected chi connectivity index (χ0v) is 8.44. The predicted octanol–water partition coefficient (Wildman–Crippen LogP) is -0.606. The fourth-order valence-electron chi connectivity index (χ4n) is 1.11. The minimum absolute atomic E-state index is 0.0296. The summed E-state index contributed by atoms with van der Waals surface area (Å²) >= 11 is 0. The number of ether oxygens (including phenoxy) is 4. The third-order valence-electron chi connectivity index (χ3n) is 1.89. The Morgan fingerprint density at radius 2 is 1.43 bits per heavy atom. The van der Waals surface area contributed by atoms with Crippen molar-refractivity contribution < 1.29 is 18.9 Å². The van der Waals surface area contributed by atoms with Crippen molar-refractivity contribution in [2.24, 2.45) is 5.73 Å². The summed E-state index contributed by atoms with van der Waals surface area (Å²) in [7, 11) is 0. The van der Waals surface area contributed by atoms with Crippen molar-refractivity contribution in [3.63, 3.8) is 0 Å². The molecule has 5 nitrogen and oxygen atoms in total. The normalized spacial score (nSPS) is 27.6. The SMILES string of the molecule is NCC1COCCOCCOCCO1. The molecule has 0 bridgehead atoms. The molecule has 1 unspecified atom stereocenters. The van der Waals surface area contributed by atoms with Gasteiger partial charge in [-0.25, -0.2) is 0 Å². The van der Waals surface area contributed by atoms with Gasteiger partial charge in [0.25, 0.3) is 0 Å². The van der Waals surface area contributed by atoms with E-state index in [0.717, 1.165) is 0 Å². The Morgan fingerprint density at radius 3 is 2.07 bits per heavy atom. The highest BCUT2D eigenvalue weighted by Crippen LogP contribution is 1.93. The van der Waals surface area contributed by atoms with E-state index in [1.807, 2.05) is 0 Å². The van der Waals surface area contributed by atoms with E-state index in [-0.39, 0.29) is 6.10 Å². The van der Waals surface area contributed by atoms with Crippen LogP contribution in [0.5, 0.6) is 0 Å². The quantitative estimate of drug-likeness (QED) is 0.619. The molecule has 2 N–H and O–H groups in total. The molecule has 1 aliphatic rings. The van der Waals surface area contributed by atoms with Gasteiger partial charge in [0.15, 0.2) is 0 Å². The van der Waals surface area contributed by atoms with Crippen molar-refractivity contribution in [1.29, 1.82) is 0 Å². The Balaban J connectivity index is 2.17. The lowest BCUT2D eigenvalue weighted by Crippen LogP contribution is -2.31. The van der Waals surface area contributed by atoms with E-state index in [9.17, 15) is 0 Å². The van der Waals surface area contributed by atoms with Gasteiger partial charge in [-0.15, -0.1) is 0 Å². The van der Waals surface area contributed by atoms with Crippen molar-refractivity contribution in [3.05, 3.63) is 0 Å². The second kappa shape index (κ2) is 8.14. The molecule has 0 aromatic heterocycles. The summed E-state index contributed by atoms with van der Waals surface area (Å²) in [5.74, 6) is 0. The molecule has 14 heavy (non-hydrogen) atoms. The van der Waals surface area contributed by atoms with E-state index >= 15 is 0 Å². The lowest BCUT2D eigenvalue weighted by molar-refractivity contribution is -0.0633. The van der Waals surface area contributed by atoms with Gasteiger partial charge in [-0.3, -0.25) is 0 Å². The Hall–Kier alpha value is -0.200. The van der Waals surface area contributed by atoms with Crippen LogP contribution in [-0.2, 0) is 18.9 Å². The van der Waals surface area contributed by atoms with Crippen LogP contribution in [0.2, 0.25) is 0 Å². The summed E-state index contributed by atoms with van der Waals surface area (Å²) in [6.07, 6.45) is -0.0296. The number of rotatable bonds is 1. The van der Waals surface area contributed by atoms with Crippen molar-refractivity contribution in [3.8, 4) is 0 Å². The lowest BCUT2D eigenvalue weighted by Gasteiger charge is -2.17. The number of nitrogens with two attached hydrogens (primary N) is 1. The van der Waals surface area contributed by atoms with Gasteiger partial charge in [-0.05, 0) is 0 Å². The lowest BCUT2D eigenvalue weighted by atomic mass is 10.4. The summed E-state index contributed by atoms with van der Waals surface area (Å²) in [5.41, 5.74) is 5.51. The highest BCUT2D eigenvalue weighted by Gasteiger charge is 2.07. The van der Waals surface area contributed by atoms with E-state index in [0.29, 0.717) is 52.8 Å². The number of hydrogen-bond acceptors (Lipinski definition) is 5. The average molecular weight is 205 g/mol. The summed E-state index contributed by atoms with van der Waals surface area (Å²) in [4.78, 5) is 0. The van der Waals surface area contributed by atoms with Crippen LogP contribution in [0.1, 0.15) is 0 Å². The van der Waals surface area contributed by atoms with E-state index < -0.39 is 0 Å². The zero-order valence-electron chi connectivity index (χ0n) is 8.44. The van der Waals surface area contributed by atoms with Gasteiger partial charge in [0.1, 0.15) is 0 Å². The van der Waals surface area contributed by atoms with Crippen LogP contribution in [-0.4, -0.2) is 58.9 Å². The molecule has 0 radical (unpaired) electrons. The number of hydrogen-bond donors (Lipinski definition) is 1. The largest absolute Gasteiger partial charge is 0.377 e. The topological polar surface area (TPSA) is 62.9 Å². The van der Waals surface area contributed by atoms with Crippen molar-refractivity contribution in [2.75, 3.05) is 52.8 Å². The first-order valence-electron chi connectivity index (χ1n) is 4.98. The summed E-state index contributed by atoms with van der Waals surface area (Å²) in [6.45, 7) is 4.55.